The van der Waals surface area contributed by atoms with E-state index in [-0.39, 0.29) is 0 Å². The van der Waals surface area contributed by atoms with Crippen LogP contribution in [-0.4, -0.2) is 13.1 Å². The van der Waals surface area contributed by atoms with Crippen LogP contribution >= 0.6 is 0 Å². The average molecular weight is 208 g/mol. The third-order valence-corrected chi connectivity index (χ3v) is 2.26. The molecule has 0 fully saturated rings. The molecule has 0 heterocycles. The first-order valence-corrected chi connectivity index (χ1v) is 5.65. The molecule has 4 heteroatoms. The summed E-state index contributed by atoms with van der Waals surface area (Å²) >= 11 is 0. The molecule has 0 aliphatic heterocycles. The summed E-state index contributed by atoms with van der Waals surface area (Å²) in [5.41, 5.74) is 0. The van der Waals surface area contributed by atoms with Gasteiger partial charge in [-0.3, -0.25) is 0 Å². The molecule has 0 spiro atoms. The fraction of sp³-hybridized carbons (Fsp3) is 0.818. The Bertz CT molecular complexity index is 180. The Morgan fingerprint density at radius 3 is 1.27 bits per heavy atom. The average Bonchev–Trinajstić information content (AvgIpc) is 2.26. The highest BCUT2D eigenvalue weighted by Crippen LogP contribution is 2.06. The molecule has 15 heavy (non-hydrogen) atoms. The standard InChI is InChI=1S/C11H20N4/c12-10-14-8-6-4-2-1-3-5-7-9-15-11-13/h14-15H,1-9H2. The molecule has 2 N–H and O–H groups in total. The summed E-state index contributed by atoms with van der Waals surface area (Å²) in [5, 5.41) is 21.7. The van der Waals surface area contributed by atoms with Gasteiger partial charge >= 0.3 is 0 Å². The number of unbranched alkanes of at least 4 members (excludes halogenated alkanes) is 6. The number of nitrogens with one attached hydrogen (secondary N) is 2. The molecule has 0 bridgehead atoms. The van der Waals surface area contributed by atoms with Crippen LogP contribution in [0.5, 0.6) is 0 Å². The summed E-state index contributed by atoms with van der Waals surface area (Å²) in [6.07, 6.45) is 12.2. The number of nitrogens with zero attached hydrogens (tertiary/aromatic N) is 2. The first-order chi connectivity index (χ1) is 7.41. The van der Waals surface area contributed by atoms with Crippen molar-refractivity contribution in [2.45, 2.75) is 44.9 Å². The molecule has 0 atom stereocenters. The first-order valence-electron chi connectivity index (χ1n) is 5.65. The molecule has 0 saturated heterocycles. The highest BCUT2D eigenvalue weighted by Gasteiger charge is 1.91. The number of nitriles is 2. The Hall–Kier alpha value is -1.42. The number of hydrogen-bond acceptors (Lipinski definition) is 4. The van der Waals surface area contributed by atoms with Crippen LogP contribution in [0.3, 0.4) is 0 Å². The van der Waals surface area contributed by atoms with Crippen LogP contribution in [0.4, 0.5) is 0 Å². The Morgan fingerprint density at radius 2 is 0.933 bits per heavy atom. The van der Waals surface area contributed by atoms with Gasteiger partial charge in [0.05, 0.1) is 0 Å². The van der Waals surface area contributed by atoms with Crippen LogP contribution in [0.2, 0.25) is 0 Å². The maximum atomic E-state index is 8.22. The van der Waals surface area contributed by atoms with Gasteiger partial charge in [0.25, 0.3) is 0 Å². The third kappa shape index (κ3) is 12.6. The van der Waals surface area contributed by atoms with Gasteiger partial charge in [0, 0.05) is 13.1 Å². The van der Waals surface area contributed by atoms with E-state index in [4.69, 9.17) is 10.5 Å². The molecule has 0 aliphatic carbocycles. The summed E-state index contributed by atoms with van der Waals surface area (Å²) in [6, 6.07) is 0. The van der Waals surface area contributed by atoms with Crippen molar-refractivity contribution in [2.75, 3.05) is 13.1 Å². The number of rotatable bonds is 10. The smallest absolute Gasteiger partial charge is 0.176 e. The maximum absolute atomic E-state index is 8.22. The lowest BCUT2D eigenvalue weighted by atomic mass is 10.1. The highest BCUT2D eigenvalue weighted by molar-refractivity contribution is 4.64. The van der Waals surface area contributed by atoms with Crippen LogP contribution in [0.1, 0.15) is 44.9 Å². The Morgan fingerprint density at radius 1 is 0.600 bits per heavy atom. The number of hydrogen-bond donors (Lipinski definition) is 2. The Kier molecular flexibility index (Phi) is 11.4. The summed E-state index contributed by atoms with van der Waals surface area (Å²) in [4.78, 5) is 0. The van der Waals surface area contributed by atoms with Crippen LogP contribution < -0.4 is 10.6 Å². The van der Waals surface area contributed by atoms with Crippen molar-refractivity contribution < 1.29 is 0 Å². The maximum Gasteiger partial charge on any atom is 0.176 e. The van der Waals surface area contributed by atoms with Gasteiger partial charge in [-0.05, 0) is 12.8 Å². The van der Waals surface area contributed by atoms with Gasteiger partial charge < -0.3 is 10.6 Å². The Labute approximate surface area is 92.3 Å². The monoisotopic (exact) mass is 208 g/mol. The van der Waals surface area contributed by atoms with Gasteiger partial charge in [0.2, 0.25) is 0 Å². The molecular formula is C11H20N4. The predicted molar refractivity (Wildman–Crippen MR) is 59.6 cm³/mol. The Balaban J connectivity index is 2.88. The van der Waals surface area contributed by atoms with Gasteiger partial charge in [0.1, 0.15) is 0 Å². The second kappa shape index (κ2) is 12.6. The minimum atomic E-state index is 0.808. The fourth-order valence-electron chi connectivity index (χ4n) is 1.42. The molecule has 0 aromatic carbocycles. The van der Waals surface area contributed by atoms with Crippen molar-refractivity contribution in [2.24, 2.45) is 0 Å². The molecular weight excluding hydrogens is 188 g/mol. The van der Waals surface area contributed by atoms with E-state index in [0.717, 1.165) is 25.9 Å². The van der Waals surface area contributed by atoms with E-state index in [2.05, 4.69) is 10.6 Å². The van der Waals surface area contributed by atoms with Gasteiger partial charge in [-0.2, -0.15) is 10.5 Å². The lowest BCUT2D eigenvalue weighted by Gasteiger charge is -2.01. The molecule has 0 radical (unpaired) electrons. The van der Waals surface area contributed by atoms with Gasteiger partial charge in [0.15, 0.2) is 12.4 Å². The van der Waals surface area contributed by atoms with Crippen LogP contribution in [0, 0.1) is 22.9 Å². The SMILES string of the molecule is N#CNCCCCCCCCCNC#N. The van der Waals surface area contributed by atoms with E-state index < -0.39 is 0 Å². The van der Waals surface area contributed by atoms with Crippen LogP contribution in [-0.2, 0) is 0 Å². The van der Waals surface area contributed by atoms with E-state index in [1.54, 1.807) is 0 Å². The zero-order chi connectivity index (χ0) is 11.2. The predicted octanol–water partition coefficient (Wildman–Crippen LogP) is 1.86. The van der Waals surface area contributed by atoms with Gasteiger partial charge in [-0.25, -0.2) is 0 Å². The fourth-order valence-corrected chi connectivity index (χ4v) is 1.42. The minimum absolute atomic E-state index is 0.808. The highest BCUT2D eigenvalue weighted by atomic mass is 14.8. The molecule has 84 valence electrons. The van der Waals surface area contributed by atoms with Crippen molar-refractivity contribution in [3.8, 4) is 12.4 Å². The summed E-state index contributed by atoms with van der Waals surface area (Å²) in [5.74, 6) is 0. The zero-order valence-electron chi connectivity index (χ0n) is 9.26. The molecule has 0 aromatic heterocycles. The van der Waals surface area contributed by atoms with Gasteiger partial charge in [-0.1, -0.05) is 32.1 Å². The van der Waals surface area contributed by atoms with E-state index >= 15 is 0 Å². The van der Waals surface area contributed by atoms with Crippen molar-refractivity contribution in [1.82, 2.24) is 10.6 Å². The molecule has 4 nitrogen and oxygen atoms in total. The van der Waals surface area contributed by atoms with E-state index in [1.165, 1.54) is 32.1 Å². The second-order valence-electron chi connectivity index (χ2n) is 3.55. The first kappa shape index (κ1) is 13.6. The van der Waals surface area contributed by atoms with Gasteiger partial charge in [-0.15, -0.1) is 0 Å². The molecule has 0 unspecified atom stereocenters. The lowest BCUT2D eigenvalue weighted by Crippen LogP contribution is -2.06. The molecule has 0 saturated carbocycles. The van der Waals surface area contributed by atoms with Crippen LogP contribution in [0.25, 0.3) is 0 Å². The largest absolute Gasteiger partial charge is 0.324 e. The molecule has 0 amide bonds. The molecule has 0 aromatic rings. The minimum Gasteiger partial charge on any atom is -0.324 e. The van der Waals surface area contributed by atoms with Crippen LogP contribution in [0.15, 0.2) is 0 Å². The van der Waals surface area contributed by atoms with E-state index in [9.17, 15) is 0 Å². The van der Waals surface area contributed by atoms with Crippen molar-refractivity contribution in [3.05, 3.63) is 0 Å². The van der Waals surface area contributed by atoms with Crippen molar-refractivity contribution in [1.29, 1.82) is 10.5 Å². The summed E-state index contributed by atoms with van der Waals surface area (Å²) in [6.45, 7) is 1.62. The normalized spacial score (nSPS) is 8.93. The van der Waals surface area contributed by atoms with Crippen molar-refractivity contribution in [3.63, 3.8) is 0 Å². The second-order valence-corrected chi connectivity index (χ2v) is 3.55. The lowest BCUT2D eigenvalue weighted by molar-refractivity contribution is 0.571. The molecule has 0 rings (SSSR count). The summed E-state index contributed by atoms with van der Waals surface area (Å²) in [7, 11) is 0. The quantitative estimate of drug-likeness (QED) is 0.326. The zero-order valence-corrected chi connectivity index (χ0v) is 9.26. The topological polar surface area (TPSA) is 71.6 Å². The van der Waals surface area contributed by atoms with E-state index in [0.29, 0.717) is 0 Å². The van der Waals surface area contributed by atoms with Crippen molar-refractivity contribution >= 4 is 0 Å². The third-order valence-electron chi connectivity index (χ3n) is 2.26. The van der Waals surface area contributed by atoms with E-state index in [1.807, 2.05) is 12.4 Å². The summed E-state index contributed by atoms with van der Waals surface area (Å²) < 4.78 is 0. The molecule has 0 aliphatic rings.